The molecule has 2 aromatic rings. The molecule has 0 atom stereocenters. The lowest BCUT2D eigenvalue weighted by Crippen LogP contribution is -2.28. The Kier molecular flexibility index (Phi) is 10.6. The molecule has 0 bridgehead atoms. The van der Waals surface area contributed by atoms with Crippen LogP contribution in [0.25, 0.3) is 0 Å². The number of rotatable bonds is 10. The number of nitrogens with zero attached hydrogens (tertiary/aromatic N) is 3. The average Bonchev–Trinajstić information content (AvgIpc) is 2.86. The molecule has 0 spiro atoms. The van der Waals surface area contributed by atoms with Crippen molar-refractivity contribution in [1.82, 2.24) is 0 Å². The van der Waals surface area contributed by atoms with Crippen LogP contribution in [0.5, 0.6) is 11.5 Å². The number of oxime groups is 1. The summed E-state index contributed by atoms with van der Waals surface area (Å²) in [6.07, 6.45) is 4.52. The van der Waals surface area contributed by atoms with Gasteiger partial charge < -0.3 is 19.0 Å². The summed E-state index contributed by atoms with van der Waals surface area (Å²) in [5, 5.41) is 4.90. The minimum absolute atomic E-state index is 0.286. The highest BCUT2D eigenvalue weighted by atomic mass is 79.9. The van der Waals surface area contributed by atoms with Crippen LogP contribution < -0.4 is 14.5 Å². The van der Waals surface area contributed by atoms with Crippen molar-refractivity contribution in [3.63, 3.8) is 0 Å². The normalized spacial score (nSPS) is 14.9. The molecule has 1 heterocycles. The third-order valence-electron chi connectivity index (χ3n) is 5.28. The summed E-state index contributed by atoms with van der Waals surface area (Å²) in [4.78, 5) is 11.7. The van der Waals surface area contributed by atoms with Crippen LogP contribution in [-0.4, -0.2) is 51.5 Å². The van der Waals surface area contributed by atoms with Crippen LogP contribution >= 0.6 is 15.9 Å². The minimum atomic E-state index is -0.447. The zero-order valence-electron chi connectivity index (χ0n) is 19.6. The molecule has 0 radical (unpaired) electrons. The quantitative estimate of drug-likeness (QED) is 0.133. The molecule has 3 rings (SSSR count). The predicted octanol–water partition coefficient (Wildman–Crippen LogP) is 5.42. The summed E-state index contributed by atoms with van der Waals surface area (Å²) < 4.78 is 30.6. The highest BCUT2D eigenvalue weighted by Crippen LogP contribution is 2.24. The molecule has 0 amide bonds. The van der Waals surface area contributed by atoms with Crippen molar-refractivity contribution >= 4 is 33.9 Å². The van der Waals surface area contributed by atoms with Crippen molar-refractivity contribution in [3.05, 3.63) is 53.8 Å². The molecule has 1 fully saturated rings. The van der Waals surface area contributed by atoms with Crippen molar-refractivity contribution in [3.8, 4) is 11.5 Å². The number of aliphatic imine (C=N–C) groups is 1. The summed E-state index contributed by atoms with van der Waals surface area (Å²) in [5.74, 6) is 0.539. The SMILES string of the molecule is COC(=NCCCBr)N(C)c1ccc(COc2cc(F)cc(ON=CC3CCOCC3)c2)cc1. The second-order valence-corrected chi connectivity index (χ2v) is 8.64. The maximum atomic E-state index is 14.0. The number of halogens is 2. The topological polar surface area (TPSA) is 64.9 Å². The number of amidine groups is 1. The lowest BCUT2D eigenvalue weighted by atomic mass is 10.0. The number of hydrogen-bond acceptors (Lipinski definition) is 6. The van der Waals surface area contributed by atoms with E-state index in [1.165, 1.54) is 12.1 Å². The van der Waals surface area contributed by atoms with Crippen LogP contribution in [0.2, 0.25) is 0 Å². The van der Waals surface area contributed by atoms with Crippen molar-refractivity contribution in [2.45, 2.75) is 25.9 Å². The van der Waals surface area contributed by atoms with Gasteiger partial charge in [-0.25, -0.2) is 9.38 Å². The highest BCUT2D eigenvalue weighted by molar-refractivity contribution is 9.09. The summed E-state index contributed by atoms with van der Waals surface area (Å²) in [6.45, 7) is 2.43. The minimum Gasteiger partial charge on any atom is -0.489 e. The molecule has 184 valence electrons. The second-order valence-electron chi connectivity index (χ2n) is 7.84. The predicted molar refractivity (Wildman–Crippen MR) is 136 cm³/mol. The van der Waals surface area contributed by atoms with Gasteiger partial charge in [0.05, 0.1) is 7.11 Å². The third kappa shape index (κ3) is 8.29. The van der Waals surface area contributed by atoms with Crippen molar-refractivity contribution < 1.29 is 23.4 Å². The second kappa shape index (κ2) is 13.9. The van der Waals surface area contributed by atoms with Gasteiger partial charge in [-0.15, -0.1) is 0 Å². The maximum Gasteiger partial charge on any atom is 0.291 e. The maximum absolute atomic E-state index is 14.0. The first-order valence-corrected chi connectivity index (χ1v) is 12.4. The van der Waals surface area contributed by atoms with E-state index in [4.69, 9.17) is 19.0 Å². The van der Waals surface area contributed by atoms with E-state index in [1.807, 2.05) is 36.2 Å². The summed E-state index contributed by atoms with van der Waals surface area (Å²) in [7, 11) is 3.51. The van der Waals surface area contributed by atoms with Gasteiger partial charge in [-0.3, -0.25) is 4.90 Å². The van der Waals surface area contributed by atoms with Gasteiger partial charge in [-0.05, 0) is 37.0 Å². The Bertz CT molecular complexity index is 950. The molecular weight excluding hydrogens is 505 g/mol. The summed E-state index contributed by atoms with van der Waals surface area (Å²) >= 11 is 3.40. The zero-order chi connectivity index (χ0) is 24.2. The molecular formula is C25H31BrFN3O4. The fourth-order valence-corrected chi connectivity index (χ4v) is 3.60. The zero-order valence-corrected chi connectivity index (χ0v) is 21.2. The number of alkyl halides is 1. The van der Waals surface area contributed by atoms with Gasteiger partial charge in [0, 0.05) is 68.2 Å². The molecule has 0 saturated carbocycles. The van der Waals surface area contributed by atoms with Crippen molar-refractivity contribution in [2.24, 2.45) is 16.1 Å². The number of ether oxygens (including phenoxy) is 3. The molecule has 2 aromatic carbocycles. The molecule has 0 aromatic heterocycles. The van der Waals surface area contributed by atoms with E-state index in [1.54, 1.807) is 19.4 Å². The third-order valence-corrected chi connectivity index (χ3v) is 5.84. The lowest BCUT2D eigenvalue weighted by Gasteiger charge is -2.20. The van der Waals surface area contributed by atoms with Gasteiger partial charge in [0.1, 0.15) is 18.2 Å². The molecule has 0 unspecified atom stereocenters. The monoisotopic (exact) mass is 535 g/mol. The fourth-order valence-electron chi connectivity index (χ4n) is 3.35. The van der Waals surface area contributed by atoms with Gasteiger partial charge in [0.15, 0.2) is 5.75 Å². The Hall–Kier alpha value is -2.65. The summed E-state index contributed by atoms with van der Waals surface area (Å²) in [6, 6.07) is 12.6. The van der Waals surface area contributed by atoms with Gasteiger partial charge >= 0.3 is 0 Å². The molecule has 7 nitrogen and oxygen atoms in total. The molecule has 1 aliphatic heterocycles. The van der Waals surface area contributed by atoms with E-state index in [2.05, 4.69) is 26.1 Å². The smallest absolute Gasteiger partial charge is 0.291 e. The van der Waals surface area contributed by atoms with Crippen molar-refractivity contribution in [1.29, 1.82) is 0 Å². The van der Waals surface area contributed by atoms with Crippen molar-refractivity contribution in [2.75, 3.05) is 44.1 Å². The van der Waals surface area contributed by atoms with Crippen LogP contribution in [0.3, 0.4) is 0 Å². The van der Waals surface area contributed by atoms with Gasteiger partial charge in [-0.1, -0.05) is 33.2 Å². The average molecular weight is 536 g/mol. The van der Waals surface area contributed by atoms with Crippen LogP contribution in [0.1, 0.15) is 24.8 Å². The Labute approximate surface area is 208 Å². The number of benzene rings is 2. The Morgan fingerprint density at radius 1 is 1.18 bits per heavy atom. The van der Waals surface area contributed by atoms with Crippen LogP contribution in [0.4, 0.5) is 10.1 Å². The van der Waals surface area contributed by atoms with E-state index in [0.717, 1.165) is 49.1 Å². The lowest BCUT2D eigenvalue weighted by molar-refractivity contribution is 0.0833. The number of methoxy groups -OCH3 is 1. The molecule has 34 heavy (non-hydrogen) atoms. The first kappa shape index (κ1) is 26.0. The van der Waals surface area contributed by atoms with Crippen LogP contribution in [-0.2, 0) is 16.1 Å². The molecule has 9 heteroatoms. The Morgan fingerprint density at radius 2 is 1.91 bits per heavy atom. The molecule has 1 aliphatic rings. The van der Waals surface area contributed by atoms with Gasteiger partial charge in [-0.2, -0.15) is 0 Å². The number of anilines is 1. The van der Waals surface area contributed by atoms with E-state index in [-0.39, 0.29) is 6.61 Å². The van der Waals surface area contributed by atoms with E-state index in [9.17, 15) is 4.39 Å². The van der Waals surface area contributed by atoms with Gasteiger partial charge in [0.2, 0.25) is 0 Å². The first-order chi connectivity index (χ1) is 16.6. The molecule has 1 saturated heterocycles. The fraction of sp³-hybridized carbons (Fsp3) is 0.440. The first-order valence-electron chi connectivity index (χ1n) is 11.3. The van der Waals surface area contributed by atoms with E-state index >= 15 is 0 Å². The van der Waals surface area contributed by atoms with E-state index in [0.29, 0.717) is 30.0 Å². The van der Waals surface area contributed by atoms with Crippen LogP contribution in [0, 0.1) is 11.7 Å². The number of hydrogen-bond donors (Lipinski definition) is 0. The highest BCUT2D eigenvalue weighted by Gasteiger charge is 2.12. The Balaban J connectivity index is 1.55. The molecule has 0 aliphatic carbocycles. The summed E-state index contributed by atoms with van der Waals surface area (Å²) in [5.41, 5.74) is 1.88. The van der Waals surface area contributed by atoms with Gasteiger partial charge in [0.25, 0.3) is 6.02 Å². The van der Waals surface area contributed by atoms with E-state index < -0.39 is 5.82 Å². The standard InChI is InChI=1S/C25H31BrFN3O4/c1-30(25(31-2)28-11-3-10-26)22-6-4-20(5-7-22)18-33-23-14-21(27)15-24(16-23)34-29-17-19-8-12-32-13-9-19/h4-7,14-17,19H,3,8-13,18H2,1-2H3. The Morgan fingerprint density at radius 3 is 2.62 bits per heavy atom. The largest absolute Gasteiger partial charge is 0.489 e. The molecule has 0 N–H and O–H groups in total. The van der Waals surface area contributed by atoms with Crippen LogP contribution in [0.15, 0.2) is 52.6 Å².